The zero-order chi connectivity index (χ0) is 12.5. The van der Waals surface area contributed by atoms with E-state index in [-0.39, 0.29) is 5.41 Å². The normalized spacial score (nSPS) is 15.7. The Bertz CT molecular complexity index is 238. The van der Waals surface area contributed by atoms with Crippen molar-refractivity contribution in [3.8, 4) is 0 Å². The molecule has 0 aromatic rings. The molecule has 0 aromatic heterocycles. The first-order valence-electron chi connectivity index (χ1n) is 5.61. The molecule has 0 aromatic carbocycles. The molecule has 90 valence electrons. The molecule has 0 aliphatic heterocycles. The molecule has 0 saturated heterocycles. The van der Waals surface area contributed by atoms with Gasteiger partial charge in [0.05, 0.1) is 0 Å². The zero-order valence-electron chi connectivity index (χ0n) is 11.9. The second-order valence-electron chi connectivity index (χ2n) is 7.05. The van der Waals surface area contributed by atoms with Crippen LogP contribution in [0.4, 0.5) is 0 Å². The molecule has 0 radical (unpaired) electrons. The molecule has 0 spiro atoms. The van der Waals surface area contributed by atoms with Crippen molar-refractivity contribution in [2.75, 3.05) is 0 Å². The van der Waals surface area contributed by atoms with E-state index in [1.165, 1.54) is 13.7 Å². The Kier molecular flexibility index (Phi) is 5.37. The molecule has 0 aliphatic rings. The SMILES string of the molecule is CC(C)(C)P=C([O][Sn]([CH3])([CH3])[CH3])C(C)(C)C. The van der Waals surface area contributed by atoms with Gasteiger partial charge in [0.1, 0.15) is 0 Å². The zero-order valence-corrected chi connectivity index (χ0v) is 15.6. The maximum absolute atomic E-state index is 6.29. The van der Waals surface area contributed by atoms with Crippen molar-refractivity contribution in [3.63, 3.8) is 0 Å². The van der Waals surface area contributed by atoms with E-state index < -0.39 is 18.8 Å². The van der Waals surface area contributed by atoms with Crippen molar-refractivity contribution in [3.05, 3.63) is 0 Å². The fourth-order valence-corrected chi connectivity index (χ4v) is 6.69. The molecule has 0 rings (SSSR count). The summed E-state index contributed by atoms with van der Waals surface area (Å²) in [7, 11) is 1.34. The van der Waals surface area contributed by atoms with Crippen LogP contribution in [-0.2, 0) is 3.07 Å². The van der Waals surface area contributed by atoms with Crippen molar-refractivity contribution in [1.29, 1.82) is 0 Å². The van der Waals surface area contributed by atoms with Gasteiger partial charge in [-0.2, -0.15) is 0 Å². The number of rotatable bonds is 2. The van der Waals surface area contributed by atoms with Crippen LogP contribution in [0.15, 0.2) is 0 Å². The van der Waals surface area contributed by atoms with E-state index in [9.17, 15) is 0 Å². The molecule has 15 heavy (non-hydrogen) atoms. The summed E-state index contributed by atoms with van der Waals surface area (Å²) in [6, 6.07) is 0. The van der Waals surface area contributed by atoms with E-state index in [0.29, 0.717) is 5.16 Å². The summed E-state index contributed by atoms with van der Waals surface area (Å²) in [5, 5.41) is 0.291. The van der Waals surface area contributed by atoms with E-state index in [2.05, 4.69) is 56.4 Å². The van der Waals surface area contributed by atoms with E-state index in [1.54, 1.807) is 0 Å². The third-order valence-electron chi connectivity index (χ3n) is 1.48. The van der Waals surface area contributed by atoms with Gasteiger partial charge in [0.15, 0.2) is 0 Å². The van der Waals surface area contributed by atoms with Crippen molar-refractivity contribution < 1.29 is 3.07 Å². The molecule has 3 heteroatoms. The first-order chi connectivity index (χ1) is 6.31. The van der Waals surface area contributed by atoms with Crippen LogP contribution in [0.1, 0.15) is 41.5 Å². The van der Waals surface area contributed by atoms with Crippen LogP contribution in [0.25, 0.3) is 0 Å². The average molecular weight is 337 g/mol. The standard InChI is InChI=1S/C9H19OP.3CH3.Sn/c1-8(2,3)7(10)11-9(4,5)6;;;;/h10H,1-6H3;3*1H3;/q;;;;+1/p-1. The van der Waals surface area contributed by atoms with Crippen molar-refractivity contribution in [1.82, 2.24) is 0 Å². The van der Waals surface area contributed by atoms with Gasteiger partial charge in [0.25, 0.3) is 0 Å². The van der Waals surface area contributed by atoms with Crippen LogP contribution >= 0.6 is 8.20 Å². The fraction of sp³-hybridized carbons (Fsp3) is 0.917. The summed E-state index contributed by atoms with van der Waals surface area (Å²) in [5.74, 6) is 0. The third kappa shape index (κ3) is 8.71. The van der Waals surface area contributed by atoms with Gasteiger partial charge in [-0.05, 0) is 0 Å². The van der Waals surface area contributed by atoms with Crippen LogP contribution in [0.3, 0.4) is 0 Å². The quantitative estimate of drug-likeness (QED) is 0.522. The summed E-state index contributed by atoms with van der Waals surface area (Å²) in [6.07, 6.45) is 0. The molecular formula is C12H27OPSn. The second kappa shape index (κ2) is 5.06. The Hall–Kier alpha value is 0.929. The van der Waals surface area contributed by atoms with Gasteiger partial charge in [-0.1, -0.05) is 0 Å². The fourth-order valence-electron chi connectivity index (χ4n) is 0.938. The topological polar surface area (TPSA) is 9.23 Å². The van der Waals surface area contributed by atoms with Crippen molar-refractivity contribution in [2.24, 2.45) is 5.41 Å². The third-order valence-corrected chi connectivity index (χ3v) is 5.94. The van der Waals surface area contributed by atoms with E-state index in [4.69, 9.17) is 3.07 Å². The van der Waals surface area contributed by atoms with Crippen LogP contribution in [0, 0.1) is 5.41 Å². The van der Waals surface area contributed by atoms with E-state index in [1.807, 2.05) is 0 Å². The monoisotopic (exact) mass is 338 g/mol. The molecule has 0 aliphatic carbocycles. The molecule has 0 bridgehead atoms. The van der Waals surface area contributed by atoms with Gasteiger partial charge in [-0.25, -0.2) is 0 Å². The van der Waals surface area contributed by atoms with Gasteiger partial charge in [-0.3, -0.25) is 0 Å². The summed E-state index contributed by atoms with van der Waals surface area (Å²) in [5.41, 5.74) is 1.44. The van der Waals surface area contributed by atoms with Gasteiger partial charge >= 0.3 is 102 Å². The van der Waals surface area contributed by atoms with Crippen molar-refractivity contribution >= 4 is 32.5 Å². The van der Waals surface area contributed by atoms with Crippen LogP contribution in [-0.4, -0.2) is 29.4 Å². The minimum atomic E-state index is -2.18. The first-order valence-corrected chi connectivity index (χ1v) is 16.2. The predicted octanol–water partition coefficient (Wildman–Crippen LogP) is 4.76. The Morgan fingerprint density at radius 3 is 1.53 bits per heavy atom. The second-order valence-corrected chi connectivity index (χ2v) is 21.7. The number of hydrogen-bond acceptors (Lipinski definition) is 1. The summed E-state index contributed by atoms with van der Waals surface area (Å²) in [4.78, 5) is 6.95. The average Bonchev–Trinajstić information content (AvgIpc) is 1.75. The molecule has 0 amide bonds. The van der Waals surface area contributed by atoms with Crippen molar-refractivity contribution in [2.45, 2.75) is 61.5 Å². The molecule has 0 saturated carbocycles. The molecule has 0 atom stereocenters. The van der Waals surface area contributed by atoms with E-state index >= 15 is 0 Å². The molecule has 0 unspecified atom stereocenters. The molecule has 1 nitrogen and oxygen atoms in total. The van der Waals surface area contributed by atoms with Gasteiger partial charge in [0.2, 0.25) is 0 Å². The maximum atomic E-state index is 6.29. The molecule has 0 fully saturated rings. The first kappa shape index (κ1) is 15.9. The summed E-state index contributed by atoms with van der Waals surface area (Å²) < 4.78 is 6.29. The van der Waals surface area contributed by atoms with Crippen LogP contribution in [0.5, 0.6) is 0 Å². The predicted molar refractivity (Wildman–Crippen MR) is 75.6 cm³/mol. The Morgan fingerprint density at radius 1 is 0.933 bits per heavy atom. The number of hydrogen-bond donors (Lipinski definition) is 0. The van der Waals surface area contributed by atoms with E-state index in [0.717, 1.165) is 0 Å². The minimum absolute atomic E-state index is 0.166. The summed E-state index contributed by atoms with van der Waals surface area (Å²) in [6.45, 7) is 13.5. The van der Waals surface area contributed by atoms with Crippen LogP contribution in [0.2, 0.25) is 14.8 Å². The molecular weight excluding hydrogens is 310 g/mol. The van der Waals surface area contributed by atoms with Crippen LogP contribution < -0.4 is 0 Å². The molecule has 0 N–H and O–H groups in total. The Balaban J connectivity index is 5.02. The van der Waals surface area contributed by atoms with Gasteiger partial charge < -0.3 is 0 Å². The molecule has 0 heterocycles. The Labute approximate surface area is 102 Å². The van der Waals surface area contributed by atoms with Gasteiger partial charge in [-0.15, -0.1) is 0 Å². The van der Waals surface area contributed by atoms with Gasteiger partial charge in [0, 0.05) is 0 Å². The summed E-state index contributed by atoms with van der Waals surface area (Å²) >= 11 is -2.18. The Morgan fingerprint density at radius 2 is 1.33 bits per heavy atom.